The summed E-state index contributed by atoms with van der Waals surface area (Å²) in [6, 6.07) is 0.701. The molecule has 0 heterocycles. The van der Waals surface area contributed by atoms with Gasteiger partial charge in [0.2, 0.25) is 0 Å². The molecule has 0 aromatic carbocycles. The van der Waals surface area contributed by atoms with Gasteiger partial charge in [0.1, 0.15) is 0 Å². The predicted molar refractivity (Wildman–Crippen MR) is 68.0 cm³/mol. The monoisotopic (exact) mass is 211 g/mol. The van der Waals surface area contributed by atoms with Gasteiger partial charge in [0.25, 0.3) is 0 Å². The predicted octanol–water partition coefficient (Wildman–Crippen LogP) is 3.84. The van der Waals surface area contributed by atoms with Crippen molar-refractivity contribution in [1.82, 2.24) is 5.32 Å². The third kappa shape index (κ3) is 4.14. The van der Waals surface area contributed by atoms with E-state index in [-0.39, 0.29) is 0 Å². The van der Waals surface area contributed by atoms with Gasteiger partial charge >= 0.3 is 0 Å². The first-order valence-corrected chi connectivity index (χ1v) is 6.68. The Labute approximate surface area is 96.0 Å². The Morgan fingerprint density at radius 2 is 2.00 bits per heavy atom. The highest BCUT2D eigenvalue weighted by Gasteiger charge is 2.34. The standard InChI is InChI=1S/C14H29N/c1-6-7-15-12(3)13-8-11(2)9-14(4,5)10-13/h11-13,15H,6-10H2,1-5H3. The fourth-order valence-corrected chi connectivity index (χ4v) is 3.34. The van der Waals surface area contributed by atoms with E-state index in [0.717, 1.165) is 11.8 Å². The molecule has 1 heteroatoms. The average Bonchev–Trinajstić information content (AvgIpc) is 2.10. The van der Waals surface area contributed by atoms with Crippen molar-refractivity contribution < 1.29 is 0 Å². The van der Waals surface area contributed by atoms with Crippen LogP contribution in [0.15, 0.2) is 0 Å². The highest BCUT2D eigenvalue weighted by Crippen LogP contribution is 2.42. The first kappa shape index (κ1) is 13.0. The Morgan fingerprint density at radius 3 is 2.53 bits per heavy atom. The summed E-state index contributed by atoms with van der Waals surface area (Å²) in [5.74, 6) is 1.79. The zero-order chi connectivity index (χ0) is 11.5. The Balaban J connectivity index is 2.46. The average molecular weight is 211 g/mol. The van der Waals surface area contributed by atoms with Crippen molar-refractivity contribution in [3.63, 3.8) is 0 Å². The van der Waals surface area contributed by atoms with Crippen LogP contribution in [0.4, 0.5) is 0 Å². The van der Waals surface area contributed by atoms with Gasteiger partial charge in [0.05, 0.1) is 0 Å². The van der Waals surface area contributed by atoms with Crippen LogP contribution in [0, 0.1) is 17.3 Å². The molecule has 0 aromatic heterocycles. The molecule has 0 amide bonds. The third-order valence-electron chi connectivity index (χ3n) is 3.84. The number of nitrogens with one attached hydrogen (secondary N) is 1. The largest absolute Gasteiger partial charge is 0.314 e. The topological polar surface area (TPSA) is 12.0 Å². The van der Waals surface area contributed by atoms with Crippen LogP contribution in [0.2, 0.25) is 0 Å². The van der Waals surface area contributed by atoms with E-state index >= 15 is 0 Å². The minimum atomic E-state index is 0.560. The van der Waals surface area contributed by atoms with Gasteiger partial charge in [-0.15, -0.1) is 0 Å². The summed E-state index contributed by atoms with van der Waals surface area (Å²) in [5.41, 5.74) is 0.560. The molecule has 1 rings (SSSR count). The number of hydrogen-bond acceptors (Lipinski definition) is 1. The number of hydrogen-bond donors (Lipinski definition) is 1. The second-order valence-corrected chi connectivity index (χ2v) is 6.42. The maximum atomic E-state index is 3.66. The van der Waals surface area contributed by atoms with Crippen molar-refractivity contribution in [1.29, 1.82) is 0 Å². The second kappa shape index (κ2) is 5.34. The van der Waals surface area contributed by atoms with Gasteiger partial charge in [-0.1, -0.05) is 27.7 Å². The molecule has 0 radical (unpaired) electrons. The van der Waals surface area contributed by atoms with E-state index in [1.807, 2.05) is 0 Å². The molecular weight excluding hydrogens is 182 g/mol. The van der Waals surface area contributed by atoms with E-state index < -0.39 is 0 Å². The van der Waals surface area contributed by atoms with Crippen molar-refractivity contribution in [2.24, 2.45) is 17.3 Å². The maximum Gasteiger partial charge on any atom is 0.00672 e. The molecule has 1 fully saturated rings. The van der Waals surface area contributed by atoms with Crippen LogP contribution in [-0.2, 0) is 0 Å². The Morgan fingerprint density at radius 1 is 1.33 bits per heavy atom. The lowest BCUT2D eigenvalue weighted by Crippen LogP contribution is -2.40. The smallest absolute Gasteiger partial charge is 0.00672 e. The van der Waals surface area contributed by atoms with Gasteiger partial charge in [-0.3, -0.25) is 0 Å². The second-order valence-electron chi connectivity index (χ2n) is 6.42. The summed E-state index contributed by atoms with van der Waals surface area (Å²) >= 11 is 0. The minimum Gasteiger partial charge on any atom is -0.314 e. The van der Waals surface area contributed by atoms with E-state index in [4.69, 9.17) is 0 Å². The van der Waals surface area contributed by atoms with Crippen molar-refractivity contribution in [2.75, 3.05) is 6.54 Å². The lowest BCUT2D eigenvalue weighted by molar-refractivity contribution is 0.111. The van der Waals surface area contributed by atoms with Crippen LogP contribution < -0.4 is 5.32 Å². The molecule has 3 unspecified atom stereocenters. The quantitative estimate of drug-likeness (QED) is 0.745. The van der Waals surface area contributed by atoms with Crippen molar-refractivity contribution >= 4 is 0 Å². The van der Waals surface area contributed by atoms with E-state index in [1.54, 1.807) is 0 Å². The van der Waals surface area contributed by atoms with Crippen LogP contribution in [0.1, 0.15) is 60.3 Å². The van der Waals surface area contributed by atoms with Crippen LogP contribution in [-0.4, -0.2) is 12.6 Å². The maximum absolute atomic E-state index is 3.66. The molecule has 15 heavy (non-hydrogen) atoms. The molecule has 0 bridgehead atoms. The molecule has 0 saturated heterocycles. The van der Waals surface area contributed by atoms with Crippen LogP contribution in [0.25, 0.3) is 0 Å². The van der Waals surface area contributed by atoms with Crippen LogP contribution in [0.3, 0.4) is 0 Å². The molecule has 0 aliphatic heterocycles. The summed E-state index contributed by atoms with van der Waals surface area (Å²) in [5, 5.41) is 3.66. The fourth-order valence-electron chi connectivity index (χ4n) is 3.34. The molecule has 1 N–H and O–H groups in total. The minimum absolute atomic E-state index is 0.560. The summed E-state index contributed by atoms with van der Waals surface area (Å²) in [6.07, 6.45) is 5.47. The van der Waals surface area contributed by atoms with Crippen LogP contribution >= 0.6 is 0 Å². The van der Waals surface area contributed by atoms with Crippen molar-refractivity contribution in [3.05, 3.63) is 0 Å². The zero-order valence-corrected chi connectivity index (χ0v) is 11.3. The highest BCUT2D eigenvalue weighted by atomic mass is 14.9. The summed E-state index contributed by atoms with van der Waals surface area (Å²) in [4.78, 5) is 0. The zero-order valence-electron chi connectivity index (χ0n) is 11.3. The van der Waals surface area contributed by atoms with E-state index in [1.165, 1.54) is 32.2 Å². The molecule has 0 aromatic rings. The first-order chi connectivity index (χ1) is 6.94. The SMILES string of the molecule is CCCNC(C)C1CC(C)CC(C)(C)C1. The van der Waals surface area contributed by atoms with Crippen molar-refractivity contribution in [2.45, 2.75) is 66.3 Å². The van der Waals surface area contributed by atoms with E-state index in [9.17, 15) is 0 Å². The summed E-state index contributed by atoms with van der Waals surface area (Å²) in [6.45, 7) is 13.1. The Bertz CT molecular complexity index is 186. The lowest BCUT2D eigenvalue weighted by Gasteiger charge is -2.41. The molecule has 0 spiro atoms. The number of rotatable bonds is 4. The van der Waals surface area contributed by atoms with E-state index in [0.29, 0.717) is 11.5 Å². The first-order valence-electron chi connectivity index (χ1n) is 6.68. The van der Waals surface area contributed by atoms with Gasteiger partial charge in [-0.2, -0.15) is 0 Å². The normalized spacial score (nSPS) is 32.6. The molecule has 3 atom stereocenters. The van der Waals surface area contributed by atoms with Gasteiger partial charge in [0.15, 0.2) is 0 Å². The molecular formula is C14H29N. The van der Waals surface area contributed by atoms with Gasteiger partial charge in [-0.05, 0) is 56.4 Å². The van der Waals surface area contributed by atoms with Gasteiger partial charge in [0, 0.05) is 6.04 Å². The molecule has 1 saturated carbocycles. The lowest BCUT2D eigenvalue weighted by atomic mass is 9.66. The van der Waals surface area contributed by atoms with Crippen molar-refractivity contribution in [3.8, 4) is 0 Å². The molecule has 1 aliphatic carbocycles. The van der Waals surface area contributed by atoms with E-state index in [2.05, 4.69) is 39.9 Å². The van der Waals surface area contributed by atoms with Gasteiger partial charge < -0.3 is 5.32 Å². The summed E-state index contributed by atoms with van der Waals surface area (Å²) < 4.78 is 0. The molecule has 1 aliphatic rings. The highest BCUT2D eigenvalue weighted by molar-refractivity contribution is 4.87. The van der Waals surface area contributed by atoms with Gasteiger partial charge in [-0.25, -0.2) is 0 Å². The van der Waals surface area contributed by atoms with Crippen LogP contribution in [0.5, 0.6) is 0 Å². The third-order valence-corrected chi connectivity index (χ3v) is 3.84. The Kier molecular flexibility index (Phi) is 4.64. The molecule has 1 nitrogen and oxygen atoms in total. The Hall–Kier alpha value is -0.0400. The molecule has 90 valence electrons. The summed E-state index contributed by atoms with van der Waals surface area (Å²) in [7, 11) is 0. The fraction of sp³-hybridized carbons (Fsp3) is 1.00.